The molecule has 0 fully saturated rings. The molecule has 3 aromatic rings. The molecule has 21 heavy (non-hydrogen) atoms. The first-order valence-corrected chi connectivity index (χ1v) is 7.43. The van der Waals surface area contributed by atoms with Crippen molar-refractivity contribution in [1.82, 2.24) is 9.97 Å². The maximum Gasteiger partial charge on any atom is 0.137 e. The number of pyridine rings is 1. The molecule has 0 aliphatic rings. The highest BCUT2D eigenvalue weighted by atomic mass is 35.5. The number of fused-ring (bicyclic) bond motifs is 1. The van der Waals surface area contributed by atoms with Crippen LogP contribution in [0.25, 0.3) is 16.6 Å². The smallest absolute Gasteiger partial charge is 0.137 e. The van der Waals surface area contributed by atoms with Crippen molar-refractivity contribution < 1.29 is 0 Å². The van der Waals surface area contributed by atoms with E-state index in [0.717, 1.165) is 32.9 Å². The Hall–Kier alpha value is -2.06. The molecule has 2 heterocycles. The van der Waals surface area contributed by atoms with Gasteiger partial charge in [-0.1, -0.05) is 43.7 Å². The van der Waals surface area contributed by atoms with E-state index < -0.39 is 0 Å². The quantitative estimate of drug-likeness (QED) is 0.697. The van der Waals surface area contributed by atoms with Crippen LogP contribution >= 0.6 is 11.6 Å². The molecule has 0 saturated carbocycles. The van der Waals surface area contributed by atoms with Crippen molar-refractivity contribution in [2.24, 2.45) is 5.92 Å². The summed E-state index contributed by atoms with van der Waals surface area (Å²) in [5.41, 5.74) is 4.25. The third-order valence-corrected chi connectivity index (χ3v) is 3.55. The topological polar surface area (TPSA) is 28.7 Å². The van der Waals surface area contributed by atoms with Crippen LogP contribution in [0.5, 0.6) is 0 Å². The Balaban J connectivity index is 2.16. The second kappa shape index (κ2) is 5.74. The Morgan fingerprint density at radius 2 is 2.05 bits per heavy atom. The Kier molecular flexibility index (Phi) is 3.80. The van der Waals surface area contributed by atoms with Crippen LogP contribution in [0.15, 0.2) is 54.7 Å². The van der Waals surface area contributed by atoms with Gasteiger partial charge in [-0.3, -0.25) is 0 Å². The molecule has 0 spiro atoms. The third kappa shape index (κ3) is 3.01. The molecule has 3 rings (SSSR count). The van der Waals surface area contributed by atoms with E-state index in [1.807, 2.05) is 24.3 Å². The van der Waals surface area contributed by atoms with Gasteiger partial charge < -0.3 is 4.98 Å². The second-order valence-corrected chi connectivity index (χ2v) is 5.90. The predicted molar refractivity (Wildman–Crippen MR) is 89.5 cm³/mol. The number of hydrogen-bond acceptors (Lipinski definition) is 1. The predicted octanol–water partition coefficient (Wildman–Crippen LogP) is 5.30. The zero-order valence-corrected chi connectivity index (χ0v) is 12.9. The molecule has 0 atom stereocenters. The van der Waals surface area contributed by atoms with Crippen molar-refractivity contribution in [2.45, 2.75) is 13.8 Å². The number of allylic oxidation sites excluding steroid dienone is 1. The zero-order valence-electron chi connectivity index (χ0n) is 12.1. The van der Waals surface area contributed by atoms with Gasteiger partial charge in [0, 0.05) is 27.9 Å². The van der Waals surface area contributed by atoms with Gasteiger partial charge in [-0.25, -0.2) is 4.98 Å². The molecule has 0 aliphatic carbocycles. The van der Waals surface area contributed by atoms with E-state index in [1.165, 1.54) is 0 Å². The number of rotatable bonds is 3. The van der Waals surface area contributed by atoms with E-state index in [1.54, 1.807) is 6.20 Å². The Labute approximate surface area is 129 Å². The van der Waals surface area contributed by atoms with E-state index in [9.17, 15) is 0 Å². The molecule has 0 amide bonds. The number of benzene rings is 1. The fourth-order valence-corrected chi connectivity index (χ4v) is 2.62. The van der Waals surface area contributed by atoms with Gasteiger partial charge in [0.25, 0.3) is 0 Å². The summed E-state index contributed by atoms with van der Waals surface area (Å²) in [6.07, 6.45) is 4.05. The molecule has 0 bridgehead atoms. The number of H-pyrrole nitrogens is 1. The third-order valence-electron chi connectivity index (χ3n) is 3.32. The average molecular weight is 297 g/mol. The molecule has 1 aromatic carbocycles. The first-order chi connectivity index (χ1) is 10.1. The van der Waals surface area contributed by atoms with Gasteiger partial charge in [0.05, 0.1) is 0 Å². The van der Waals surface area contributed by atoms with Crippen molar-refractivity contribution in [1.29, 1.82) is 0 Å². The van der Waals surface area contributed by atoms with Crippen molar-refractivity contribution in [3.8, 4) is 0 Å². The summed E-state index contributed by atoms with van der Waals surface area (Å²) < 4.78 is 0. The monoisotopic (exact) mass is 296 g/mol. The number of nitrogens with zero attached hydrogens (tertiary/aromatic N) is 1. The highest BCUT2D eigenvalue weighted by Crippen LogP contribution is 2.28. The van der Waals surface area contributed by atoms with Crippen molar-refractivity contribution >= 4 is 28.2 Å². The zero-order chi connectivity index (χ0) is 14.8. The maximum atomic E-state index is 6.14. The van der Waals surface area contributed by atoms with Crippen LogP contribution in [0.4, 0.5) is 0 Å². The number of aromatic nitrogens is 2. The van der Waals surface area contributed by atoms with Gasteiger partial charge in [0.15, 0.2) is 0 Å². The molecular formula is C18H17ClN2. The number of halogens is 1. The van der Waals surface area contributed by atoms with E-state index in [2.05, 4.69) is 48.1 Å². The molecule has 2 aromatic heterocycles. The molecule has 1 N–H and O–H groups in total. The fourth-order valence-electron chi connectivity index (χ4n) is 2.43. The van der Waals surface area contributed by atoms with Gasteiger partial charge >= 0.3 is 0 Å². The summed E-state index contributed by atoms with van der Waals surface area (Å²) in [6.45, 7) is 4.34. The van der Waals surface area contributed by atoms with Crippen molar-refractivity contribution in [2.75, 3.05) is 0 Å². The van der Waals surface area contributed by atoms with Crippen LogP contribution in [0.2, 0.25) is 5.02 Å². The second-order valence-electron chi connectivity index (χ2n) is 5.46. The normalized spacial score (nSPS) is 12.3. The standard InChI is InChI=1S/C18H17ClN2/c1-12(2)9-16(13-5-3-7-15(19)10-13)17-11-14-6-4-8-20-18(14)21-17/h3-12H,1-2H3,(H,20,21). The van der Waals surface area contributed by atoms with Crippen LogP contribution in [-0.4, -0.2) is 9.97 Å². The molecular weight excluding hydrogens is 280 g/mol. The Morgan fingerprint density at radius 3 is 2.76 bits per heavy atom. The molecule has 0 saturated heterocycles. The molecule has 2 nitrogen and oxygen atoms in total. The first kappa shape index (κ1) is 13.9. The minimum Gasteiger partial charge on any atom is -0.339 e. The van der Waals surface area contributed by atoms with Crippen molar-refractivity contribution in [3.05, 3.63) is 71.0 Å². The van der Waals surface area contributed by atoms with Crippen LogP contribution < -0.4 is 0 Å². The summed E-state index contributed by atoms with van der Waals surface area (Å²) in [5.74, 6) is 0.443. The summed E-state index contributed by atoms with van der Waals surface area (Å²) in [5, 5.41) is 1.86. The number of hydrogen-bond donors (Lipinski definition) is 1. The lowest BCUT2D eigenvalue weighted by Crippen LogP contribution is -1.92. The molecule has 0 aliphatic heterocycles. The van der Waals surface area contributed by atoms with Crippen LogP contribution in [0.1, 0.15) is 25.1 Å². The van der Waals surface area contributed by atoms with E-state index >= 15 is 0 Å². The van der Waals surface area contributed by atoms with Gasteiger partial charge in [0.2, 0.25) is 0 Å². The van der Waals surface area contributed by atoms with Crippen LogP contribution in [-0.2, 0) is 0 Å². The molecule has 3 heteroatoms. The Morgan fingerprint density at radius 1 is 1.19 bits per heavy atom. The van der Waals surface area contributed by atoms with Crippen LogP contribution in [0.3, 0.4) is 0 Å². The molecule has 106 valence electrons. The van der Waals surface area contributed by atoms with E-state index in [4.69, 9.17) is 11.6 Å². The highest BCUT2D eigenvalue weighted by Gasteiger charge is 2.10. The summed E-state index contributed by atoms with van der Waals surface area (Å²) >= 11 is 6.14. The number of nitrogens with one attached hydrogen (secondary N) is 1. The summed E-state index contributed by atoms with van der Waals surface area (Å²) in [4.78, 5) is 7.76. The van der Waals surface area contributed by atoms with Gasteiger partial charge in [-0.15, -0.1) is 0 Å². The van der Waals surface area contributed by atoms with Crippen molar-refractivity contribution in [3.63, 3.8) is 0 Å². The fraction of sp³-hybridized carbons (Fsp3) is 0.167. The van der Waals surface area contributed by atoms with Crippen LogP contribution in [0, 0.1) is 5.92 Å². The van der Waals surface area contributed by atoms with Gasteiger partial charge in [-0.2, -0.15) is 0 Å². The summed E-state index contributed by atoms with van der Waals surface area (Å²) in [7, 11) is 0. The van der Waals surface area contributed by atoms with Gasteiger partial charge in [-0.05, 0) is 41.8 Å². The lowest BCUT2D eigenvalue weighted by atomic mass is 9.99. The largest absolute Gasteiger partial charge is 0.339 e. The first-order valence-electron chi connectivity index (χ1n) is 7.05. The average Bonchev–Trinajstić information content (AvgIpc) is 2.88. The Bertz CT molecular complexity index is 767. The summed E-state index contributed by atoms with van der Waals surface area (Å²) in [6, 6.07) is 14.1. The van der Waals surface area contributed by atoms with Gasteiger partial charge in [0.1, 0.15) is 5.65 Å². The highest BCUT2D eigenvalue weighted by molar-refractivity contribution is 6.30. The van der Waals surface area contributed by atoms with E-state index in [-0.39, 0.29) is 0 Å². The number of aromatic amines is 1. The SMILES string of the molecule is CC(C)C=C(c1cccc(Cl)c1)c1cc2cccnc2[nH]1. The lowest BCUT2D eigenvalue weighted by Gasteiger charge is -2.08. The minimum atomic E-state index is 0.443. The minimum absolute atomic E-state index is 0.443. The maximum absolute atomic E-state index is 6.14. The molecule has 0 unspecified atom stereocenters. The van der Waals surface area contributed by atoms with E-state index in [0.29, 0.717) is 5.92 Å². The lowest BCUT2D eigenvalue weighted by molar-refractivity contribution is 0.833. The molecule has 0 radical (unpaired) electrons.